The van der Waals surface area contributed by atoms with Crippen LogP contribution in [0, 0.1) is 16.1 Å². The Morgan fingerprint density at radius 1 is 1.38 bits per heavy atom. The molecule has 156 valence electrons. The Labute approximate surface area is 170 Å². The summed E-state index contributed by atoms with van der Waals surface area (Å²) < 4.78 is 14.5. The maximum absolute atomic E-state index is 14.5. The molecule has 0 amide bonds. The standard InChI is InChI=1S/C18H22FN5O4S/c19-17-7-13(22-8-14(10-25)28-23-27)1-4-18(17)24(12-20)6-5-21-9-15-2-3-16(11-26)29-15/h1-4,7,11-12,14,20-22,25H,5-6,8-10H2. The number of hydrogen-bond acceptors (Lipinski definition) is 9. The van der Waals surface area contributed by atoms with E-state index in [0.29, 0.717) is 30.2 Å². The van der Waals surface area contributed by atoms with Gasteiger partial charge in [-0.05, 0) is 30.3 Å². The quantitative estimate of drug-likeness (QED) is 0.0917. The van der Waals surface area contributed by atoms with Crippen molar-refractivity contribution in [1.29, 1.82) is 5.41 Å². The number of nitrogens with one attached hydrogen (secondary N) is 3. The van der Waals surface area contributed by atoms with Crippen molar-refractivity contribution < 1.29 is 19.1 Å². The zero-order valence-electron chi connectivity index (χ0n) is 15.5. The average Bonchev–Trinajstić information content (AvgIpc) is 3.20. The molecule has 29 heavy (non-hydrogen) atoms. The molecule has 0 saturated carbocycles. The summed E-state index contributed by atoms with van der Waals surface area (Å²) in [5, 5.41) is 24.9. The van der Waals surface area contributed by atoms with Crippen molar-refractivity contribution in [3.05, 3.63) is 50.8 Å². The molecule has 0 aliphatic heterocycles. The normalized spacial score (nSPS) is 11.5. The summed E-state index contributed by atoms with van der Waals surface area (Å²) in [5.74, 6) is -0.526. The zero-order chi connectivity index (χ0) is 21.1. The molecule has 2 aromatic rings. The van der Waals surface area contributed by atoms with Crippen LogP contribution in [0.25, 0.3) is 0 Å². The van der Waals surface area contributed by atoms with Gasteiger partial charge in [0.15, 0.2) is 17.7 Å². The van der Waals surface area contributed by atoms with Gasteiger partial charge in [-0.25, -0.2) is 4.39 Å². The highest BCUT2D eigenvalue weighted by atomic mass is 32.1. The summed E-state index contributed by atoms with van der Waals surface area (Å²) in [7, 11) is 0. The first kappa shape index (κ1) is 22.4. The van der Waals surface area contributed by atoms with Gasteiger partial charge in [0.05, 0.1) is 30.1 Å². The van der Waals surface area contributed by atoms with Gasteiger partial charge in [-0.1, -0.05) is 0 Å². The van der Waals surface area contributed by atoms with Crippen LogP contribution in [0.3, 0.4) is 0 Å². The highest BCUT2D eigenvalue weighted by Gasteiger charge is 2.12. The molecule has 1 heterocycles. The lowest BCUT2D eigenvalue weighted by molar-refractivity contribution is 0.0223. The second-order valence-corrected chi connectivity index (χ2v) is 7.15. The summed E-state index contributed by atoms with van der Waals surface area (Å²) >= 11 is 1.41. The first-order valence-electron chi connectivity index (χ1n) is 8.75. The fraction of sp³-hybridized carbons (Fsp3) is 0.333. The van der Waals surface area contributed by atoms with Crippen LogP contribution < -0.4 is 15.5 Å². The van der Waals surface area contributed by atoms with E-state index in [1.807, 2.05) is 6.07 Å². The largest absolute Gasteiger partial charge is 0.392 e. The Kier molecular flexibility index (Phi) is 9.15. The molecule has 0 bridgehead atoms. The van der Waals surface area contributed by atoms with E-state index in [4.69, 9.17) is 10.5 Å². The number of aldehydes is 1. The van der Waals surface area contributed by atoms with E-state index in [1.54, 1.807) is 12.1 Å². The molecule has 2 rings (SSSR count). The van der Waals surface area contributed by atoms with E-state index in [0.717, 1.165) is 17.5 Å². The van der Waals surface area contributed by atoms with Crippen molar-refractivity contribution in [2.75, 3.05) is 36.5 Å². The van der Waals surface area contributed by atoms with E-state index < -0.39 is 18.5 Å². The molecule has 0 saturated heterocycles. The van der Waals surface area contributed by atoms with Crippen LogP contribution in [0.4, 0.5) is 15.8 Å². The first-order valence-corrected chi connectivity index (χ1v) is 9.57. The maximum Gasteiger partial charge on any atom is 0.170 e. The van der Waals surface area contributed by atoms with Crippen LogP contribution in [0.15, 0.2) is 35.7 Å². The van der Waals surface area contributed by atoms with Crippen molar-refractivity contribution in [2.24, 2.45) is 5.34 Å². The fourth-order valence-electron chi connectivity index (χ4n) is 2.50. The Bertz CT molecular complexity index is 819. The van der Waals surface area contributed by atoms with Crippen molar-refractivity contribution in [3.8, 4) is 0 Å². The number of rotatable bonds is 14. The molecule has 1 aromatic heterocycles. The third-order valence-corrected chi connectivity index (χ3v) is 4.98. The van der Waals surface area contributed by atoms with Gasteiger partial charge in [0.25, 0.3) is 0 Å². The smallest absolute Gasteiger partial charge is 0.170 e. The molecule has 0 aliphatic carbocycles. The Hall–Kier alpha value is -2.89. The van der Waals surface area contributed by atoms with E-state index in [-0.39, 0.29) is 12.2 Å². The van der Waals surface area contributed by atoms with Gasteiger partial charge in [0, 0.05) is 30.2 Å². The first-order chi connectivity index (χ1) is 14.1. The van der Waals surface area contributed by atoms with Crippen molar-refractivity contribution >= 4 is 35.3 Å². The number of thiophene rings is 1. The molecule has 1 atom stereocenters. The number of halogens is 1. The Balaban J connectivity index is 1.86. The van der Waals surface area contributed by atoms with Crippen molar-refractivity contribution in [3.63, 3.8) is 0 Å². The topological polar surface area (TPSA) is 127 Å². The third-order valence-electron chi connectivity index (χ3n) is 3.97. The van der Waals surface area contributed by atoms with E-state index in [1.165, 1.54) is 28.4 Å². The SMILES string of the molecule is N=CN(CCNCc1ccc(C=O)s1)c1ccc(NCC(CO)ON=O)cc1F. The number of aliphatic hydroxyl groups excluding tert-OH is 1. The van der Waals surface area contributed by atoms with Gasteiger partial charge >= 0.3 is 0 Å². The molecule has 11 heteroatoms. The lowest BCUT2D eigenvalue weighted by Gasteiger charge is -2.21. The number of benzene rings is 1. The average molecular weight is 423 g/mol. The summed E-state index contributed by atoms with van der Waals surface area (Å²) in [5.41, 5.74) is 0.683. The van der Waals surface area contributed by atoms with E-state index in [2.05, 4.69) is 20.8 Å². The summed E-state index contributed by atoms with van der Waals surface area (Å²) in [6.07, 6.45) is 1.03. The van der Waals surface area contributed by atoms with Crippen LogP contribution >= 0.6 is 11.3 Å². The second kappa shape index (κ2) is 11.8. The minimum atomic E-state index is -0.828. The van der Waals surface area contributed by atoms with Gasteiger partial charge in [0.2, 0.25) is 0 Å². The van der Waals surface area contributed by atoms with Gasteiger partial charge in [-0.15, -0.1) is 16.2 Å². The van der Waals surface area contributed by atoms with Gasteiger partial charge in [-0.3, -0.25) is 10.2 Å². The van der Waals surface area contributed by atoms with Gasteiger partial charge in [-0.2, -0.15) is 0 Å². The molecule has 0 spiro atoms. The second-order valence-electron chi connectivity index (χ2n) is 5.95. The molecule has 0 fully saturated rings. The lowest BCUT2D eigenvalue weighted by atomic mass is 10.2. The fourth-order valence-corrected chi connectivity index (χ4v) is 3.29. The van der Waals surface area contributed by atoms with Crippen LogP contribution in [0.2, 0.25) is 0 Å². The minimum Gasteiger partial charge on any atom is -0.392 e. The highest BCUT2D eigenvalue weighted by molar-refractivity contribution is 7.13. The third kappa shape index (κ3) is 6.89. The number of hydrogen-bond donors (Lipinski definition) is 4. The predicted octanol–water partition coefficient (Wildman–Crippen LogP) is 2.37. The van der Waals surface area contributed by atoms with Gasteiger partial charge in [0.1, 0.15) is 5.82 Å². The summed E-state index contributed by atoms with van der Waals surface area (Å²) in [4.78, 5) is 28.3. The van der Waals surface area contributed by atoms with Gasteiger partial charge < -0.3 is 25.5 Å². The summed E-state index contributed by atoms with van der Waals surface area (Å²) in [6.45, 7) is 1.14. The highest BCUT2D eigenvalue weighted by Crippen LogP contribution is 2.22. The number of aliphatic hydroxyl groups is 1. The summed E-state index contributed by atoms with van der Waals surface area (Å²) in [6, 6.07) is 8.05. The maximum atomic E-state index is 14.5. The van der Waals surface area contributed by atoms with Crippen molar-refractivity contribution in [1.82, 2.24) is 5.32 Å². The molecule has 4 N–H and O–H groups in total. The van der Waals surface area contributed by atoms with Crippen LogP contribution in [-0.2, 0) is 11.4 Å². The molecule has 1 unspecified atom stereocenters. The number of anilines is 2. The molecule has 9 nitrogen and oxygen atoms in total. The van der Waals surface area contributed by atoms with Crippen LogP contribution in [0.1, 0.15) is 14.5 Å². The molecule has 0 radical (unpaired) electrons. The van der Waals surface area contributed by atoms with Crippen LogP contribution in [-0.4, -0.2) is 50.1 Å². The lowest BCUT2D eigenvalue weighted by Crippen LogP contribution is -2.31. The molecular weight excluding hydrogens is 401 g/mol. The number of carbonyl (C=O) groups excluding carboxylic acids is 1. The monoisotopic (exact) mass is 423 g/mol. The number of nitrogens with zero attached hydrogens (tertiary/aromatic N) is 2. The minimum absolute atomic E-state index is 0.0772. The predicted molar refractivity (Wildman–Crippen MR) is 110 cm³/mol. The number of carbonyl (C=O) groups is 1. The van der Waals surface area contributed by atoms with E-state index >= 15 is 0 Å². The molecule has 0 aliphatic rings. The Morgan fingerprint density at radius 3 is 2.83 bits per heavy atom. The Morgan fingerprint density at radius 2 is 2.21 bits per heavy atom. The zero-order valence-corrected chi connectivity index (χ0v) is 16.3. The van der Waals surface area contributed by atoms with E-state index in [9.17, 15) is 14.1 Å². The molecule has 1 aromatic carbocycles. The van der Waals surface area contributed by atoms with Crippen LogP contribution in [0.5, 0.6) is 0 Å². The van der Waals surface area contributed by atoms with Crippen molar-refractivity contribution in [2.45, 2.75) is 12.6 Å². The molecular formula is C18H22FN5O4S.